The number of halogens is 2. The number of anilines is 1. The number of carbonyl (C=O) groups is 1. The number of amidine groups is 1. The van der Waals surface area contributed by atoms with Gasteiger partial charge >= 0.3 is 6.09 Å². The smallest absolute Gasteiger partial charge is 0.407 e. The summed E-state index contributed by atoms with van der Waals surface area (Å²) in [6.45, 7) is 7.32. The Morgan fingerprint density at radius 1 is 1.29 bits per heavy atom. The molecule has 1 aromatic carbocycles. The van der Waals surface area contributed by atoms with Crippen molar-refractivity contribution >= 4 is 29.5 Å². The van der Waals surface area contributed by atoms with E-state index >= 15 is 0 Å². The van der Waals surface area contributed by atoms with Gasteiger partial charge in [0.05, 0.1) is 16.6 Å². The van der Waals surface area contributed by atoms with Crippen LogP contribution in [0.3, 0.4) is 0 Å². The molecule has 0 bridgehead atoms. The monoisotopic (exact) mass is 446 g/mol. The van der Waals surface area contributed by atoms with E-state index in [0.717, 1.165) is 6.42 Å². The predicted molar refractivity (Wildman–Crippen MR) is 118 cm³/mol. The highest BCUT2D eigenvalue weighted by atomic mass is 35.5. The highest BCUT2D eigenvalue weighted by molar-refractivity contribution is 6.31. The molecular formula is C21H24ClFN6O2. The molecule has 2 heterocycles. The Hall–Kier alpha value is -3.07. The van der Waals surface area contributed by atoms with Crippen LogP contribution in [0.15, 0.2) is 35.6 Å². The molecule has 31 heavy (non-hydrogen) atoms. The summed E-state index contributed by atoms with van der Waals surface area (Å²) >= 11 is 6.19. The van der Waals surface area contributed by atoms with Crippen molar-refractivity contribution in [3.63, 3.8) is 0 Å². The second kappa shape index (κ2) is 9.38. The highest BCUT2D eigenvalue weighted by Gasteiger charge is 2.19. The Kier molecular flexibility index (Phi) is 6.84. The van der Waals surface area contributed by atoms with E-state index < -0.39 is 17.5 Å². The van der Waals surface area contributed by atoms with Crippen molar-refractivity contribution in [3.05, 3.63) is 47.0 Å². The second-order valence-corrected chi connectivity index (χ2v) is 8.24. The maximum absolute atomic E-state index is 14.9. The Bertz CT molecular complexity index is 1040. The summed E-state index contributed by atoms with van der Waals surface area (Å²) in [7, 11) is 0. The second-order valence-electron chi connectivity index (χ2n) is 7.86. The number of benzene rings is 1. The van der Waals surface area contributed by atoms with Gasteiger partial charge in [-0.15, -0.1) is 0 Å². The predicted octanol–water partition coefficient (Wildman–Crippen LogP) is 4.51. The first-order chi connectivity index (χ1) is 14.7. The number of carbonyl (C=O) groups excluding carboxylic acids is 1. The van der Waals surface area contributed by atoms with Crippen molar-refractivity contribution in [1.82, 2.24) is 20.3 Å². The van der Waals surface area contributed by atoms with E-state index in [1.54, 1.807) is 26.8 Å². The van der Waals surface area contributed by atoms with Gasteiger partial charge in [-0.05, 0) is 44.9 Å². The van der Waals surface area contributed by atoms with Gasteiger partial charge in [-0.2, -0.15) is 4.98 Å². The lowest BCUT2D eigenvalue weighted by atomic mass is 10.1. The summed E-state index contributed by atoms with van der Waals surface area (Å²) in [6, 6.07) is 3.24. The van der Waals surface area contributed by atoms with Crippen LogP contribution in [-0.4, -0.2) is 38.5 Å². The molecule has 0 saturated carbocycles. The van der Waals surface area contributed by atoms with Crippen LogP contribution in [0.4, 0.5) is 15.1 Å². The lowest BCUT2D eigenvalue weighted by Crippen LogP contribution is -2.32. The first-order valence-electron chi connectivity index (χ1n) is 9.82. The van der Waals surface area contributed by atoms with E-state index in [1.807, 2.05) is 19.1 Å². The number of aliphatic imine (C=N–C) groups is 1. The molecule has 0 spiro atoms. The van der Waals surface area contributed by atoms with Crippen molar-refractivity contribution < 1.29 is 13.9 Å². The molecule has 8 nitrogen and oxygen atoms in total. The van der Waals surface area contributed by atoms with E-state index in [0.29, 0.717) is 11.4 Å². The number of alkyl carbamates (subject to hydrolysis) is 1. The van der Waals surface area contributed by atoms with Gasteiger partial charge in [0.25, 0.3) is 0 Å². The zero-order chi connectivity index (χ0) is 22.6. The first kappa shape index (κ1) is 22.6. The van der Waals surface area contributed by atoms with Gasteiger partial charge in [0.2, 0.25) is 5.95 Å². The summed E-state index contributed by atoms with van der Waals surface area (Å²) in [5.74, 6) is 0.312. The number of nitrogens with one attached hydrogen (secondary N) is 2. The topological polar surface area (TPSA) is 101 Å². The van der Waals surface area contributed by atoms with E-state index in [-0.39, 0.29) is 34.9 Å². The molecule has 10 heteroatoms. The van der Waals surface area contributed by atoms with Crippen molar-refractivity contribution in [2.24, 2.45) is 4.99 Å². The van der Waals surface area contributed by atoms with Crippen LogP contribution in [0, 0.1) is 5.82 Å². The molecule has 0 saturated heterocycles. The number of nitrogens with zero attached hydrogens (tertiary/aromatic N) is 4. The van der Waals surface area contributed by atoms with Crippen LogP contribution >= 0.6 is 11.6 Å². The lowest BCUT2D eigenvalue weighted by molar-refractivity contribution is 0.0523. The molecular weight excluding hydrogens is 423 g/mol. The minimum Gasteiger partial charge on any atom is -0.444 e. The van der Waals surface area contributed by atoms with E-state index in [4.69, 9.17) is 16.3 Å². The molecule has 164 valence electrons. The molecule has 2 aromatic rings. The zero-order valence-corrected chi connectivity index (χ0v) is 18.5. The Morgan fingerprint density at radius 3 is 2.74 bits per heavy atom. The fourth-order valence-corrected chi connectivity index (χ4v) is 2.98. The van der Waals surface area contributed by atoms with Gasteiger partial charge in [-0.1, -0.05) is 30.7 Å². The number of hydrogen-bond donors (Lipinski definition) is 2. The first-order valence-corrected chi connectivity index (χ1v) is 10.2. The SMILES string of the molecule is CCC1C=CC(Nc2ncnc(-c3ccc(CNC(=O)OC(C)(C)C)c(Cl)c3F)n2)=N1. The summed E-state index contributed by atoms with van der Waals surface area (Å²) in [6.07, 6.45) is 5.39. The van der Waals surface area contributed by atoms with E-state index in [1.165, 1.54) is 12.4 Å². The van der Waals surface area contributed by atoms with Gasteiger partial charge in [0, 0.05) is 6.54 Å². The quantitative estimate of drug-likeness (QED) is 0.700. The summed E-state index contributed by atoms with van der Waals surface area (Å²) in [5.41, 5.74) is -0.117. The van der Waals surface area contributed by atoms with Gasteiger partial charge in [-0.25, -0.2) is 19.2 Å². The number of hydrogen-bond acceptors (Lipinski definition) is 7. The third-order valence-electron chi connectivity index (χ3n) is 4.24. The Balaban J connectivity index is 1.74. The molecule has 1 aromatic heterocycles. The lowest BCUT2D eigenvalue weighted by Gasteiger charge is -2.20. The molecule has 1 amide bonds. The molecule has 1 atom stereocenters. The highest BCUT2D eigenvalue weighted by Crippen LogP contribution is 2.29. The average Bonchev–Trinajstić information content (AvgIpc) is 3.15. The fourth-order valence-electron chi connectivity index (χ4n) is 2.75. The van der Waals surface area contributed by atoms with E-state index in [9.17, 15) is 9.18 Å². The molecule has 0 radical (unpaired) electrons. The number of amides is 1. The van der Waals surface area contributed by atoms with Crippen LogP contribution in [0.2, 0.25) is 5.02 Å². The molecule has 1 unspecified atom stereocenters. The molecule has 1 aliphatic heterocycles. The number of ether oxygens (including phenoxy) is 1. The van der Waals surface area contributed by atoms with Crippen molar-refractivity contribution in [2.45, 2.75) is 52.3 Å². The maximum atomic E-state index is 14.9. The molecule has 3 rings (SSSR count). The van der Waals surface area contributed by atoms with Crippen LogP contribution in [0.25, 0.3) is 11.4 Å². The fraction of sp³-hybridized carbons (Fsp3) is 0.381. The Labute approximate surface area is 185 Å². The molecule has 1 aliphatic rings. The third kappa shape index (κ3) is 5.97. The van der Waals surface area contributed by atoms with Gasteiger partial charge in [0.1, 0.15) is 17.8 Å². The van der Waals surface area contributed by atoms with Crippen molar-refractivity contribution in [3.8, 4) is 11.4 Å². The van der Waals surface area contributed by atoms with Crippen LogP contribution in [0.1, 0.15) is 39.7 Å². The Morgan fingerprint density at radius 2 is 2.06 bits per heavy atom. The molecule has 0 aliphatic carbocycles. The van der Waals surface area contributed by atoms with Crippen LogP contribution in [-0.2, 0) is 11.3 Å². The maximum Gasteiger partial charge on any atom is 0.407 e. The van der Waals surface area contributed by atoms with Crippen LogP contribution in [0.5, 0.6) is 0 Å². The van der Waals surface area contributed by atoms with Gasteiger partial charge in [0.15, 0.2) is 11.6 Å². The van der Waals surface area contributed by atoms with Gasteiger partial charge in [-0.3, -0.25) is 4.99 Å². The molecule has 2 N–H and O–H groups in total. The minimum atomic E-state index is -0.688. The summed E-state index contributed by atoms with van der Waals surface area (Å²) < 4.78 is 20.1. The standard InChI is InChI=1S/C21H24ClFN6O2/c1-5-13-7-9-15(27-13)28-19-26-11-25-18(29-19)14-8-6-12(16(22)17(14)23)10-24-20(30)31-21(2,3)4/h6-9,11,13H,5,10H2,1-4H3,(H,24,30)(H,25,26,27,28,29). The minimum absolute atomic E-state index is 0.0136. The van der Waals surface area contributed by atoms with Gasteiger partial charge < -0.3 is 15.4 Å². The molecule has 0 fully saturated rings. The number of rotatable bonds is 5. The number of aromatic nitrogens is 3. The average molecular weight is 447 g/mol. The van der Waals surface area contributed by atoms with Crippen molar-refractivity contribution in [2.75, 3.05) is 5.32 Å². The largest absolute Gasteiger partial charge is 0.444 e. The van der Waals surface area contributed by atoms with Crippen LogP contribution < -0.4 is 10.6 Å². The normalized spacial score (nSPS) is 15.5. The summed E-state index contributed by atoms with van der Waals surface area (Å²) in [4.78, 5) is 28.7. The van der Waals surface area contributed by atoms with E-state index in [2.05, 4.69) is 30.6 Å². The van der Waals surface area contributed by atoms with Crippen molar-refractivity contribution in [1.29, 1.82) is 0 Å². The third-order valence-corrected chi connectivity index (χ3v) is 4.65. The summed E-state index contributed by atoms with van der Waals surface area (Å²) in [5, 5.41) is 5.43. The zero-order valence-electron chi connectivity index (χ0n) is 17.7.